The standard InChI is InChI=1S/C58H51BN2OS/c1-55(2)24-25-56(3,4)42-28-33(21-23-41(42)55)60-52-40-29-43-44(58(7,8)27-26-57(43,5)6)31-47(40)63-54(52)59-49-39(30-46-48(53(49)60)38-16-11-12-19-45(38)62-46)36-18-13-17-35-37-22-20-32-14-9-10-15-34(32)50(37)61(59)51(35)36/h9-23,28-31H,24-27H2,1-8H3. The van der Waals surface area contributed by atoms with Gasteiger partial charge in [-0.2, -0.15) is 0 Å². The second-order valence-electron chi connectivity index (χ2n) is 22.1. The number of furan rings is 1. The molecule has 0 spiro atoms. The number of anilines is 3. The molecule has 308 valence electrons. The van der Waals surface area contributed by atoms with Gasteiger partial charge in [0.05, 0.1) is 16.8 Å². The Balaban J connectivity index is 1.21. The number of thiophene rings is 1. The van der Waals surface area contributed by atoms with Crippen LogP contribution in [-0.4, -0.2) is 11.3 Å². The number of nitrogens with zero attached hydrogens (tertiary/aromatic N) is 2. The topological polar surface area (TPSA) is 21.3 Å². The van der Waals surface area contributed by atoms with E-state index in [4.69, 9.17) is 4.42 Å². The van der Waals surface area contributed by atoms with Crippen molar-refractivity contribution in [2.45, 2.75) is 103 Å². The molecule has 63 heavy (non-hydrogen) atoms. The third-order valence-corrected chi connectivity index (χ3v) is 17.9. The molecule has 5 heterocycles. The first kappa shape index (κ1) is 36.7. The smallest absolute Gasteiger partial charge is 0.343 e. The lowest BCUT2D eigenvalue weighted by Gasteiger charge is -2.44. The fraction of sp³-hybridized carbons (Fsp3) is 0.276. The van der Waals surface area contributed by atoms with Gasteiger partial charge in [-0.05, 0) is 122 Å². The Labute approximate surface area is 373 Å². The predicted molar refractivity (Wildman–Crippen MR) is 271 cm³/mol. The molecule has 7 aromatic carbocycles. The Morgan fingerprint density at radius 3 is 1.94 bits per heavy atom. The monoisotopic (exact) mass is 834 g/mol. The fourth-order valence-electron chi connectivity index (χ4n) is 13.0. The van der Waals surface area contributed by atoms with Crippen molar-refractivity contribution >= 4 is 110 Å². The molecule has 0 bridgehead atoms. The highest BCUT2D eigenvalue weighted by atomic mass is 32.1. The minimum absolute atomic E-state index is 0.0523. The van der Waals surface area contributed by atoms with Crippen LogP contribution in [0.15, 0.2) is 120 Å². The summed E-state index contributed by atoms with van der Waals surface area (Å²) in [6.45, 7) is 19.7. The van der Waals surface area contributed by atoms with E-state index in [9.17, 15) is 0 Å². The Morgan fingerprint density at radius 1 is 0.508 bits per heavy atom. The highest BCUT2D eigenvalue weighted by Gasteiger charge is 2.48. The molecule has 0 saturated carbocycles. The Bertz CT molecular complexity index is 3720. The first-order chi connectivity index (χ1) is 30.2. The molecular formula is C58H51BN2OS. The summed E-state index contributed by atoms with van der Waals surface area (Å²) < 4.78 is 12.6. The third kappa shape index (κ3) is 4.57. The van der Waals surface area contributed by atoms with E-state index in [1.165, 1.54) is 140 Å². The molecule has 0 N–H and O–H groups in total. The molecule has 3 nitrogen and oxygen atoms in total. The lowest BCUT2D eigenvalue weighted by Crippen LogP contribution is -2.55. The highest BCUT2D eigenvalue weighted by molar-refractivity contribution is 7.32. The number of hydrogen-bond acceptors (Lipinski definition) is 3. The van der Waals surface area contributed by atoms with Crippen molar-refractivity contribution < 1.29 is 4.42 Å². The van der Waals surface area contributed by atoms with Gasteiger partial charge in [0.1, 0.15) is 11.2 Å². The summed E-state index contributed by atoms with van der Waals surface area (Å²) in [5.41, 5.74) is 18.6. The van der Waals surface area contributed by atoms with E-state index in [0.29, 0.717) is 0 Å². The van der Waals surface area contributed by atoms with Crippen LogP contribution in [0.1, 0.15) is 103 Å². The average molecular weight is 835 g/mol. The van der Waals surface area contributed by atoms with Gasteiger partial charge in [-0.1, -0.05) is 134 Å². The van der Waals surface area contributed by atoms with Crippen LogP contribution in [-0.2, 0) is 21.7 Å². The second kappa shape index (κ2) is 11.7. The lowest BCUT2D eigenvalue weighted by atomic mass is 9.48. The zero-order chi connectivity index (χ0) is 42.7. The molecule has 3 aromatic heterocycles. The first-order valence-corrected chi connectivity index (χ1v) is 24.0. The van der Waals surface area contributed by atoms with Crippen LogP contribution in [0.2, 0.25) is 0 Å². The molecule has 0 atom stereocenters. The van der Waals surface area contributed by atoms with Gasteiger partial charge < -0.3 is 13.8 Å². The van der Waals surface area contributed by atoms with Crippen molar-refractivity contribution in [2.75, 3.05) is 4.90 Å². The van der Waals surface area contributed by atoms with Crippen LogP contribution in [0.3, 0.4) is 0 Å². The summed E-state index contributed by atoms with van der Waals surface area (Å²) in [7, 11) is 0. The summed E-state index contributed by atoms with van der Waals surface area (Å²) >= 11 is 2.04. The van der Waals surface area contributed by atoms with Crippen molar-refractivity contribution in [1.29, 1.82) is 0 Å². The second-order valence-corrected chi connectivity index (χ2v) is 23.2. The number of fused-ring (bicyclic) bond motifs is 17. The Kier molecular flexibility index (Phi) is 6.79. The third-order valence-electron chi connectivity index (χ3n) is 16.7. The number of aromatic nitrogens is 1. The number of benzene rings is 7. The molecule has 0 amide bonds. The molecule has 4 aliphatic rings. The number of rotatable bonds is 1. The van der Waals surface area contributed by atoms with Crippen molar-refractivity contribution in [3.63, 3.8) is 0 Å². The molecule has 14 rings (SSSR count). The van der Waals surface area contributed by atoms with Gasteiger partial charge >= 0.3 is 6.85 Å². The van der Waals surface area contributed by atoms with Crippen LogP contribution in [0.25, 0.3) is 75.7 Å². The van der Waals surface area contributed by atoms with E-state index in [1.54, 1.807) is 0 Å². The number of para-hydroxylation sites is 2. The normalized spacial score (nSPS) is 18.7. The van der Waals surface area contributed by atoms with Crippen molar-refractivity contribution in [2.24, 2.45) is 0 Å². The first-order valence-electron chi connectivity index (χ1n) is 23.2. The summed E-state index contributed by atoms with van der Waals surface area (Å²) in [5.74, 6) is 0. The maximum Gasteiger partial charge on any atom is 0.343 e. The van der Waals surface area contributed by atoms with E-state index >= 15 is 0 Å². The van der Waals surface area contributed by atoms with Crippen molar-refractivity contribution in [3.05, 3.63) is 138 Å². The minimum atomic E-state index is -0.0523. The summed E-state index contributed by atoms with van der Waals surface area (Å²) in [6, 6.07) is 44.7. The average Bonchev–Trinajstić information content (AvgIpc) is 3.95. The molecular weight excluding hydrogens is 784 g/mol. The van der Waals surface area contributed by atoms with Crippen molar-refractivity contribution in [3.8, 4) is 11.1 Å². The van der Waals surface area contributed by atoms with Gasteiger partial charge in [-0.15, -0.1) is 11.3 Å². The van der Waals surface area contributed by atoms with Crippen LogP contribution < -0.4 is 15.1 Å². The summed E-state index contributed by atoms with van der Waals surface area (Å²) in [5, 5.41) is 8.95. The molecule has 2 aliphatic carbocycles. The largest absolute Gasteiger partial charge is 0.456 e. The maximum absolute atomic E-state index is 7.01. The molecule has 0 fully saturated rings. The highest BCUT2D eigenvalue weighted by Crippen LogP contribution is 2.56. The van der Waals surface area contributed by atoms with Crippen LogP contribution >= 0.6 is 11.3 Å². The van der Waals surface area contributed by atoms with Crippen molar-refractivity contribution in [1.82, 2.24) is 4.48 Å². The zero-order valence-corrected chi connectivity index (χ0v) is 38.4. The minimum Gasteiger partial charge on any atom is -0.456 e. The van der Waals surface area contributed by atoms with Crippen LogP contribution in [0.4, 0.5) is 17.1 Å². The van der Waals surface area contributed by atoms with E-state index in [1.807, 2.05) is 11.3 Å². The fourth-order valence-corrected chi connectivity index (χ4v) is 14.3. The van der Waals surface area contributed by atoms with E-state index in [2.05, 4.69) is 180 Å². The maximum atomic E-state index is 7.01. The van der Waals surface area contributed by atoms with Crippen LogP contribution in [0, 0.1) is 0 Å². The van der Waals surface area contributed by atoms with Gasteiger partial charge in [0.2, 0.25) is 0 Å². The van der Waals surface area contributed by atoms with Gasteiger partial charge in [-0.25, -0.2) is 0 Å². The van der Waals surface area contributed by atoms with E-state index in [0.717, 1.165) is 11.2 Å². The molecule has 2 aliphatic heterocycles. The van der Waals surface area contributed by atoms with Gasteiger partial charge in [-0.3, -0.25) is 0 Å². The number of hydrogen-bond donors (Lipinski definition) is 0. The summed E-state index contributed by atoms with van der Waals surface area (Å²) in [6.07, 6.45) is 4.73. The Hall–Kier alpha value is -5.78. The lowest BCUT2D eigenvalue weighted by molar-refractivity contribution is 0.332. The van der Waals surface area contributed by atoms with Gasteiger partial charge in [0.25, 0.3) is 0 Å². The van der Waals surface area contributed by atoms with Crippen LogP contribution in [0.5, 0.6) is 0 Å². The van der Waals surface area contributed by atoms with Gasteiger partial charge in [0.15, 0.2) is 0 Å². The molecule has 0 saturated heterocycles. The SMILES string of the molecule is CC1(C)CCC(C)(C)c2cc(N3c4c(sc5cc6c(cc45)C(C)(C)CCC6(C)C)B4c5c(cc6oc7ccccc7c6c53)-c3cccc5c6ccc7ccccc7c6n4c35)ccc21. The zero-order valence-electron chi connectivity index (χ0n) is 37.6. The molecule has 0 radical (unpaired) electrons. The van der Waals surface area contributed by atoms with E-state index < -0.39 is 0 Å². The summed E-state index contributed by atoms with van der Waals surface area (Å²) in [4.78, 5) is 2.73. The quantitative estimate of drug-likeness (QED) is 0.154. The molecule has 0 unspecified atom stereocenters. The van der Waals surface area contributed by atoms with Gasteiger partial charge in [0, 0.05) is 58.7 Å². The molecule has 5 heteroatoms. The van der Waals surface area contributed by atoms with E-state index in [-0.39, 0.29) is 28.5 Å². The molecule has 10 aromatic rings. The predicted octanol–water partition coefficient (Wildman–Crippen LogP) is 15.2. The Morgan fingerprint density at radius 2 is 1.16 bits per heavy atom.